The molecule has 2 heterocycles. The molecule has 0 saturated heterocycles. The smallest absolute Gasteiger partial charge is 0.321 e. The van der Waals surface area contributed by atoms with E-state index in [0.29, 0.717) is 32.5 Å². The Balaban J connectivity index is 1.65. The van der Waals surface area contributed by atoms with Crippen molar-refractivity contribution in [2.24, 2.45) is 0 Å². The van der Waals surface area contributed by atoms with Crippen LogP contribution >= 0.6 is 22.9 Å². The Hall–Kier alpha value is -3.10. The number of benzene rings is 2. The van der Waals surface area contributed by atoms with Gasteiger partial charge in [-0.15, -0.1) is 11.3 Å². The van der Waals surface area contributed by atoms with Gasteiger partial charge in [-0.05, 0) is 53.9 Å². The number of amides is 1. The molecule has 9 heteroatoms. The van der Waals surface area contributed by atoms with Crippen LogP contribution in [0.5, 0.6) is 0 Å². The van der Waals surface area contributed by atoms with Crippen molar-refractivity contribution in [2.45, 2.75) is 6.18 Å². The molecule has 0 radical (unpaired) electrons. The standard InChI is InChI=1S/C21H13ClF3N3OS/c22-15-4-1-2-5-16(15)26-20(29)13-7-9-14(10-8-13)28-17(18-6-3-11-30-18)12-19(27-28)21(23,24)25/h1-12H,(H,26,29). The summed E-state index contributed by atoms with van der Waals surface area (Å²) in [6.07, 6.45) is -4.56. The van der Waals surface area contributed by atoms with E-state index in [0.717, 1.165) is 6.07 Å². The summed E-state index contributed by atoms with van der Waals surface area (Å²) in [7, 11) is 0. The van der Waals surface area contributed by atoms with Gasteiger partial charge < -0.3 is 5.32 Å². The minimum atomic E-state index is -4.56. The van der Waals surface area contributed by atoms with Crippen LogP contribution in [-0.2, 0) is 6.18 Å². The van der Waals surface area contributed by atoms with Crippen LogP contribution in [0.4, 0.5) is 18.9 Å². The summed E-state index contributed by atoms with van der Waals surface area (Å²) < 4.78 is 40.9. The number of hydrogen-bond acceptors (Lipinski definition) is 3. The zero-order valence-corrected chi connectivity index (χ0v) is 16.7. The van der Waals surface area contributed by atoms with Gasteiger partial charge in [0.1, 0.15) is 0 Å². The maximum atomic E-state index is 13.2. The molecule has 0 fully saturated rings. The van der Waals surface area contributed by atoms with Crippen molar-refractivity contribution in [3.63, 3.8) is 0 Å². The predicted octanol–water partition coefficient (Wildman–Crippen LogP) is 6.53. The van der Waals surface area contributed by atoms with Gasteiger partial charge in [-0.3, -0.25) is 4.79 Å². The van der Waals surface area contributed by atoms with Crippen LogP contribution in [0, 0.1) is 0 Å². The zero-order valence-electron chi connectivity index (χ0n) is 15.2. The van der Waals surface area contributed by atoms with Gasteiger partial charge in [0, 0.05) is 5.56 Å². The summed E-state index contributed by atoms with van der Waals surface area (Å²) in [4.78, 5) is 13.1. The quantitative estimate of drug-likeness (QED) is 0.387. The minimum Gasteiger partial charge on any atom is -0.321 e. The Labute approximate surface area is 178 Å². The Kier molecular flexibility index (Phi) is 5.36. The van der Waals surface area contributed by atoms with E-state index in [1.807, 2.05) is 0 Å². The highest BCUT2D eigenvalue weighted by Gasteiger charge is 2.35. The van der Waals surface area contributed by atoms with Crippen molar-refractivity contribution in [3.05, 3.63) is 88.4 Å². The van der Waals surface area contributed by atoms with Crippen molar-refractivity contribution in [3.8, 4) is 16.3 Å². The molecule has 1 N–H and O–H groups in total. The lowest BCUT2D eigenvalue weighted by atomic mass is 10.2. The number of halogens is 4. The molecule has 0 bridgehead atoms. The van der Waals surface area contributed by atoms with E-state index in [1.54, 1.807) is 53.9 Å². The topological polar surface area (TPSA) is 46.9 Å². The Morgan fingerprint density at radius 1 is 1.03 bits per heavy atom. The van der Waals surface area contributed by atoms with E-state index in [9.17, 15) is 18.0 Å². The van der Waals surface area contributed by atoms with Gasteiger partial charge in [-0.1, -0.05) is 29.8 Å². The summed E-state index contributed by atoms with van der Waals surface area (Å²) in [5.74, 6) is -0.385. The second-order valence-electron chi connectivity index (χ2n) is 6.28. The number of nitrogens with one attached hydrogen (secondary N) is 1. The van der Waals surface area contributed by atoms with Crippen LogP contribution in [0.1, 0.15) is 16.1 Å². The van der Waals surface area contributed by atoms with Crippen LogP contribution in [0.3, 0.4) is 0 Å². The van der Waals surface area contributed by atoms with Gasteiger partial charge in [-0.2, -0.15) is 18.3 Å². The van der Waals surface area contributed by atoms with Crippen LogP contribution < -0.4 is 5.32 Å². The van der Waals surface area contributed by atoms with Gasteiger partial charge >= 0.3 is 6.18 Å². The molecule has 0 saturated carbocycles. The highest BCUT2D eigenvalue weighted by atomic mass is 35.5. The molecule has 152 valence electrons. The fraction of sp³-hybridized carbons (Fsp3) is 0.0476. The number of carbonyl (C=O) groups excluding carboxylic acids is 1. The van der Waals surface area contributed by atoms with Gasteiger partial charge in [0.2, 0.25) is 0 Å². The zero-order chi connectivity index (χ0) is 21.3. The number of nitrogens with zero attached hydrogens (tertiary/aromatic N) is 2. The number of aromatic nitrogens is 2. The molecule has 0 spiro atoms. The third kappa shape index (κ3) is 4.10. The lowest BCUT2D eigenvalue weighted by molar-refractivity contribution is -0.141. The molecule has 30 heavy (non-hydrogen) atoms. The van der Waals surface area contributed by atoms with E-state index >= 15 is 0 Å². The molecule has 0 unspecified atom stereocenters. The van der Waals surface area contributed by atoms with Crippen molar-refractivity contribution < 1.29 is 18.0 Å². The lowest BCUT2D eigenvalue weighted by Crippen LogP contribution is -2.12. The second kappa shape index (κ2) is 7.97. The summed E-state index contributed by atoms with van der Waals surface area (Å²) in [5, 5.41) is 8.63. The van der Waals surface area contributed by atoms with Gasteiger partial charge in [-0.25, -0.2) is 4.68 Å². The first-order valence-corrected chi connectivity index (χ1v) is 9.96. The molecule has 0 aliphatic heterocycles. The molecular formula is C21H13ClF3N3OS. The first kappa shape index (κ1) is 20.2. The number of rotatable bonds is 4. The Bertz CT molecular complexity index is 1190. The molecule has 0 aliphatic rings. The molecule has 0 aliphatic carbocycles. The van der Waals surface area contributed by atoms with Gasteiger partial charge in [0.05, 0.1) is 27.0 Å². The predicted molar refractivity (Wildman–Crippen MR) is 111 cm³/mol. The number of para-hydroxylation sites is 1. The van der Waals surface area contributed by atoms with E-state index in [2.05, 4.69) is 10.4 Å². The molecule has 4 aromatic rings. The van der Waals surface area contributed by atoms with Crippen molar-refractivity contribution in [2.75, 3.05) is 5.32 Å². The van der Waals surface area contributed by atoms with Crippen LogP contribution in [0.15, 0.2) is 72.1 Å². The third-order valence-corrected chi connectivity index (χ3v) is 5.49. The molecule has 0 atom stereocenters. The van der Waals surface area contributed by atoms with E-state index in [1.165, 1.54) is 28.2 Å². The highest BCUT2D eigenvalue weighted by molar-refractivity contribution is 7.13. The maximum Gasteiger partial charge on any atom is 0.435 e. The first-order valence-electron chi connectivity index (χ1n) is 8.70. The van der Waals surface area contributed by atoms with E-state index in [-0.39, 0.29) is 5.91 Å². The number of carbonyl (C=O) groups is 1. The molecule has 2 aromatic carbocycles. The molecular weight excluding hydrogens is 435 g/mol. The number of thiophene rings is 1. The maximum absolute atomic E-state index is 13.2. The lowest BCUT2D eigenvalue weighted by Gasteiger charge is -2.09. The molecule has 4 rings (SSSR count). The third-order valence-electron chi connectivity index (χ3n) is 4.27. The normalized spacial score (nSPS) is 11.5. The summed E-state index contributed by atoms with van der Waals surface area (Å²) >= 11 is 7.36. The average molecular weight is 448 g/mol. The van der Waals surface area contributed by atoms with Crippen molar-refractivity contribution >= 4 is 34.5 Å². The van der Waals surface area contributed by atoms with Gasteiger partial charge in [0.25, 0.3) is 5.91 Å². The summed E-state index contributed by atoms with van der Waals surface area (Å²) in [6.45, 7) is 0. The summed E-state index contributed by atoms with van der Waals surface area (Å²) in [6, 6.07) is 17.5. The fourth-order valence-electron chi connectivity index (χ4n) is 2.83. The van der Waals surface area contributed by atoms with E-state index in [4.69, 9.17) is 11.6 Å². The monoisotopic (exact) mass is 447 g/mol. The van der Waals surface area contributed by atoms with Crippen LogP contribution in [0.2, 0.25) is 5.02 Å². The number of alkyl halides is 3. The van der Waals surface area contributed by atoms with Crippen molar-refractivity contribution in [1.29, 1.82) is 0 Å². The Morgan fingerprint density at radius 2 is 1.77 bits per heavy atom. The van der Waals surface area contributed by atoms with Crippen molar-refractivity contribution in [1.82, 2.24) is 9.78 Å². The van der Waals surface area contributed by atoms with Gasteiger partial charge in [0.15, 0.2) is 5.69 Å². The average Bonchev–Trinajstić information content (AvgIpc) is 3.39. The van der Waals surface area contributed by atoms with E-state index < -0.39 is 11.9 Å². The van der Waals surface area contributed by atoms with Crippen LogP contribution in [0.25, 0.3) is 16.3 Å². The largest absolute Gasteiger partial charge is 0.435 e. The Morgan fingerprint density at radius 3 is 2.40 bits per heavy atom. The highest BCUT2D eigenvalue weighted by Crippen LogP contribution is 2.34. The first-order chi connectivity index (χ1) is 14.3. The number of anilines is 1. The molecule has 1 amide bonds. The molecule has 4 nitrogen and oxygen atoms in total. The summed E-state index contributed by atoms with van der Waals surface area (Å²) in [5.41, 5.74) is 0.551. The minimum absolute atomic E-state index is 0.325. The second-order valence-corrected chi connectivity index (χ2v) is 7.64. The molecule has 2 aromatic heterocycles. The fourth-order valence-corrected chi connectivity index (χ4v) is 3.74. The van der Waals surface area contributed by atoms with Crippen LogP contribution in [-0.4, -0.2) is 15.7 Å². The number of hydrogen-bond donors (Lipinski definition) is 1. The SMILES string of the molecule is O=C(Nc1ccccc1Cl)c1ccc(-n2nc(C(F)(F)F)cc2-c2cccs2)cc1.